The van der Waals surface area contributed by atoms with Crippen LogP contribution < -0.4 is 10.0 Å². The maximum absolute atomic E-state index is 15.1. The first-order chi connectivity index (χ1) is 19.1. The van der Waals surface area contributed by atoms with Gasteiger partial charge in [-0.3, -0.25) is 9.40 Å². The summed E-state index contributed by atoms with van der Waals surface area (Å²) < 4.78 is 44.9. The molecule has 1 aliphatic rings. The Morgan fingerprint density at radius 2 is 1.93 bits per heavy atom. The topological polar surface area (TPSA) is 105 Å². The molecule has 1 aliphatic carbocycles. The molecule has 0 amide bonds. The van der Waals surface area contributed by atoms with Crippen LogP contribution in [-0.4, -0.2) is 59.2 Å². The molecule has 210 valence electrons. The van der Waals surface area contributed by atoms with E-state index in [1.165, 1.54) is 24.2 Å². The zero-order chi connectivity index (χ0) is 28.4. The molecule has 0 unspecified atom stereocenters. The van der Waals surface area contributed by atoms with Crippen molar-refractivity contribution in [3.8, 4) is 11.3 Å². The van der Waals surface area contributed by atoms with E-state index >= 15 is 4.39 Å². The van der Waals surface area contributed by atoms with Crippen molar-refractivity contribution in [1.82, 2.24) is 24.6 Å². The largest absolute Gasteiger partial charge is 0.379 e. The van der Waals surface area contributed by atoms with Crippen LogP contribution in [0.3, 0.4) is 0 Å². The molecule has 12 heteroatoms. The van der Waals surface area contributed by atoms with Gasteiger partial charge in [-0.2, -0.15) is 5.10 Å². The van der Waals surface area contributed by atoms with Crippen molar-refractivity contribution in [3.05, 3.63) is 83.7 Å². The minimum absolute atomic E-state index is 0.00925. The summed E-state index contributed by atoms with van der Waals surface area (Å²) in [7, 11) is 1.76. The highest BCUT2D eigenvalue weighted by molar-refractivity contribution is 7.92. The Balaban J connectivity index is 1.33. The quantitative estimate of drug-likeness (QED) is 0.296. The fraction of sp³-hybridized carbons (Fsp3) is 0.321. The van der Waals surface area contributed by atoms with Gasteiger partial charge in [0.05, 0.1) is 16.4 Å². The summed E-state index contributed by atoms with van der Waals surface area (Å²) in [6.45, 7) is 0. The summed E-state index contributed by atoms with van der Waals surface area (Å²) in [5, 5.41) is 7.81. The van der Waals surface area contributed by atoms with E-state index in [9.17, 15) is 8.42 Å². The molecule has 2 N–H and O–H groups in total. The predicted octanol–water partition coefficient (Wildman–Crippen LogP) is 5.15. The van der Waals surface area contributed by atoms with Crippen molar-refractivity contribution in [2.24, 2.45) is 7.05 Å². The fourth-order valence-corrected chi connectivity index (χ4v) is 6.76. The van der Waals surface area contributed by atoms with Gasteiger partial charge in [-0.1, -0.05) is 29.8 Å². The van der Waals surface area contributed by atoms with Crippen molar-refractivity contribution in [2.45, 2.75) is 42.2 Å². The van der Waals surface area contributed by atoms with E-state index in [-0.39, 0.29) is 22.9 Å². The van der Waals surface area contributed by atoms with E-state index in [1.807, 2.05) is 31.9 Å². The first-order valence-electron chi connectivity index (χ1n) is 12.9. The summed E-state index contributed by atoms with van der Waals surface area (Å²) in [5.41, 5.74) is 3.83. The van der Waals surface area contributed by atoms with Gasteiger partial charge in [0, 0.05) is 37.1 Å². The number of hydrogen-bond acceptors (Lipinski definition) is 7. The highest BCUT2D eigenvalue weighted by Gasteiger charge is 2.33. The highest BCUT2D eigenvalue weighted by atomic mass is 35.5. The number of nitrogens with one attached hydrogen (secondary N) is 2. The van der Waals surface area contributed by atoms with Crippen molar-refractivity contribution < 1.29 is 12.8 Å². The van der Waals surface area contributed by atoms with Gasteiger partial charge in [0.2, 0.25) is 0 Å². The molecule has 1 saturated carbocycles. The van der Waals surface area contributed by atoms with Gasteiger partial charge in [0.1, 0.15) is 22.9 Å². The molecule has 9 nitrogen and oxygen atoms in total. The number of aromatic nitrogens is 4. The summed E-state index contributed by atoms with van der Waals surface area (Å²) in [5.74, 6) is -0.522. The molecule has 5 rings (SSSR count). The van der Waals surface area contributed by atoms with Gasteiger partial charge in [-0.15, -0.1) is 0 Å². The molecule has 1 fully saturated rings. The summed E-state index contributed by atoms with van der Waals surface area (Å²) in [6.07, 6.45) is 7.04. The minimum Gasteiger partial charge on any atom is -0.379 e. The first-order valence-corrected chi connectivity index (χ1v) is 14.8. The number of nitrogens with zero attached hydrogens (tertiary/aromatic N) is 5. The first kappa shape index (κ1) is 28.0. The van der Waals surface area contributed by atoms with Gasteiger partial charge in [0.25, 0.3) is 10.0 Å². The molecular weight excluding hydrogens is 553 g/mol. The van der Waals surface area contributed by atoms with Crippen LogP contribution in [0.25, 0.3) is 11.3 Å². The third-order valence-corrected chi connectivity index (χ3v) is 9.11. The van der Waals surface area contributed by atoms with Crippen LogP contribution in [0.4, 0.5) is 15.9 Å². The van der Waals surface area contributed by atoms with E-state index in [4.69, 9.17) is 11.6 Å². The smallest absolute Gasteiger partial charge is 0.266 e. The van der Waals surface area contributed by atoms with Crippen LogP contribution in [0.2, 0.25) is 5.02 Å². The second kappa shape index (κ2) is 11.5. The molecule has 2 heterocycles. The van der Waals surface area contributed by atoms with Gasteiger partial charge in [-0.25, -0.2) is 22.8 Å². The molecule has 0 spiro atoms. The van der Waals surface area contributed by atoms with E-state index < -0.39 is 20.7 Å². The lowest BCUT2D eigenvalue weighted by Gasteiger charge is -2.41. The Morgan fingerprint density at radius 1 is 1.10 bits per heavy atom. The Labute approximate surface area is 238 Å². The van der Waals surface area contributed by atoms with Gasteiger partial charge >= 0.3 is 0 Å². The Morgan fingerprint density at radius 3 is 2.62 bits per heavy atom. The fourth-order valence-electron chi connectivity index (χ4n) is 5.39. The molecule has 0 saturated heterocycles. The minimum atomic E-state index is -4.24. The number of likely N-dealkylation sites (N-methyl/N-ethyl adjacent to an activating group) is 1. The SMILES string of the molecule is CN(C)[C@H]1C[C@@H](c2cccc(-c3ccnn3C)c2)CC[C@@H]1Nc1cc(F)c(S(=O)(=O)Nc2ccncn2)cc1Cl. The number of hydrogen-bond donors (Lipinski definition) is 2. The number of halogens is 2. The molecule has 40 heavy (non-hydrogen) atoms. The van der Waals surface area contributed by atoms with E-state index in [1.54, 1.807) is 6.20 Å². The average Bonchev–Trinajstić information content (AvgIpc) is 3.36. The van der Waals surface area contributed by atoms with Crippen LogP contribution in [0.1, 0.15) is 30.7 Å². The standard InChI is InChI=1S/C28H31ClFN7O2S/c1-36(2)26-14-19(18-5-4-6-20(13-18)25-9-12-33-37(25)3)7-8-23(26)34-24-16-22(30)27(15-21(24)29)40(38,39)35-28-10-11-31-17-32-28/h4-6,9-13,15-17,19,23,26,34H,7-8,14H2,1-3H3,(H,31,32,35)/t19-,23-,26-/m0/s1. The van der Waals surface area contributed by atoms with E-state index in [2.05, 4.69) is 54.3 Å². The highest BCUT2D eigenvalue weighted by Crippen LogP contribution is 2.38. The van der Waals surface area contributed by atoms with E-state index in [0.29, 0.717) is 11.6 Å². The van der Waals surface area contributed by atoms with Crippen LogP contribution in [0.15, 0.2) is 72.1 Å². The van der Waals surface area contributed by atoms with Crippen molar-refractivity contribution in [1.29, 1.82) is 0 Å². The number of aryl methyl sites for hydroxylation is 1. The molecule has 4 aromatic rings. The van der Waals surface area contributed by atoms with Crippen LogP contribution in [0.5, 0.6) is 0 Å². The van der Waals surface area contributed by atoms with Crippen molar-refractivity contribution >= 4 is 33.1 Å². The Hall–Kier alpha value is -3.54. The van der Waals surface area contributed by atoms with Crippen LogP contribution in [0, 0.1) is 5.82 Å². The maximum Gasteiger partial charge on any atom is 0.266 e. The number of anilines is 2. The molecule has 0 bridgehead atoms. The molecule has 2 aromatic heterocycles. The molecule has 0 radical (unpaired) electrons. The monoisotopic (exact) mass is 583 g/mol. The average molecular weight is 584 g/mol. The third kappa shape index (κ3) is 5.96. The van der Waals surface area contributed by atoms with Crippen molar-refractivity contribution in [2.75, 3.05) is 24.1 Å². The lowest BCUT2D eigenvalue weighted by atomic mass is 9.77. The Kier molecular flexibility index (Phi) is 8.07. The molecule has 3 atom stereocenters. The van der Waals surface area contributed by atoms with Crippen LogP contribution >= 0.6 is 11.6 Å². The normalized spacial score (nSPS) is 19.5. The molecular formula is C28H31ClFN7O2S. The zero-order valence-electron chi connectivity index (χ0n) is 22.4. The second-order valence-electron chi connectivity index (χ2n) is 10.2. The van der Waals surface area contributed by atoms with Crippen LogP contribution in [-0.2, 0) is 17.1 Å². The summed E-state index contributed by atoms with van der Waals surface area (Å²) >= 11 is 6.49. The summed E-state index contributed by atoms with van der Waals surface area (Å²) in [4.78, 5) is 9.20. The number of benzene rings is 2. The second-order valence-corrected chi connectivity index (χ2v) is 12.3. The Bertz CT molecular complexity index is 1600. The van der Waals surface area contributed by atoms with Crippen molar-refractivity contribution in [3.63, 3.8) is 0 Å². The van der Waals surface area contributed by atoms with Gasteiger partial charge < -0.3 is 10.2 Å². The number of rotatable bonds is 8. The number of sulfonamides is 1. The molecule has 2 aromatic carbocycles. The summed E-state index contributed by atoms with van der Waals surface area (Å²) in [6, 6.07) is 14.4. The third-order valence-electron chi connectivity index (χ3n) is 7.43. The molecule has 0 aliphatic heterocycles. The lowest BCUT2D eigenvalue weighted by molar-refractivity contribution is 0.196. The zero-order valence-corrected chi connectivity index (χ0v) is 24.0. The van der Waals surface area contributed by atoms with E-state index in [0.717, 1.165) is 42.7 Å². The van der Waals surface area contributed by atoms with Gasteiger partial charge in [0.15, 0.2) is 0 Å². The van der Waals surface area contributed by atoms with Gasteiger partial charge in [-0.05, 0) is 75.2 Å². The predicted molar refractivity (Wildman–Crippen MR) is 154 cm³/mol. The lowest BCUT2D eigenvalue weighted by Crippen LogP contribution is -2.47. The maximum atomic E-state index is 15.1.